The molecule has 13 nitrogen and oxygen atoms in total. The van der Waals surface area contributed by atoms with E-state index in [1.807, 2.05) is 38.2 Å². The monoisotopic (exact) mass is 691 g/mol. The number of nitrogens with zero attached hydrogens (tertiary/aromatic N) is 9. The largest absolute Gasteiger partial charge is 0.354 e. The highest BCUT2D eigenvalue weighted by atomic mass is 16.2. The molecule has 13 heteroatoms. The normalized spacial score (nSPS) is 21.9. The zero-order chi connectivity index (χ0) is 34.9. The van der Waals surface area contributed by atoms with Crippen molar-refractivity contribution in [2.75, 3.05) is 97.9 Å². The molecular weight excluding hydrogens is 642 g/mol. The van der Waals surface area contributed by atoms with Crippen molar-refractivity contribution in [2.24, 2.45) is 5.92 Å². The molecule has 0 aliphatic carbocycles. The van der Waals surface area contributed by atoms with Crippen LogP contribution in [0, 0.1) is 5.92 Å². The summed E-state index contributed by atoms with van der Waals surface area (Å²) in [6.07, 6.45) is 8.54. The number of urea groups is 2. The van der Waals surface area contributed by atoms with Gasteiger partial charge in [0.05, 0.1) is 17.9 Å². The van der Waals surface area contributed by atoms with E-state index in [0.717, 1.165) is 137 Å². The molecule has 6 heterocycles. The van der Waals surface area contributed by atoms with Crippen molar-refractivity contribution >= 4 is 28.8 Å². The molecule has 8 rings (SSSR count). The summed E-state index contributed by atoms with van der Waals surface area (Å²) < 4.78 is 0. The van der Waals surface area contributed by atoms with Gasteiger partial charge in [0, 0.05) is 102 Å². The summed E-state index contributed by atoms with van der Waals surface area (Å²) in [5, 5.41) is 5.66. The van der Waals surface area contributed by atoms with Crippen LogP contribution < -0.4 is 5.32 Å². The maximum atomic E-state index is 13.4. The van der Waals surface area contributed by atoms with E-state index < -0.39 is 0 Å². The van der Waals surface area contributed by atoms with Crippen molar-refractivity contribution in [2.45, 2.75) is 25.3 Å². The number of hydrogen-bond donors (Lipinski definition) is 2. The van der Waals surface area contributed by atoms with Crippen molar-refractivity contribution in [3.63, 3.8) is 0 Å². The Hall–Kier alpha value is -4.75. The highest BCUT2D eigenvalue weighted by Crippen LogP contribution is 2.34. The highest BCUT2D eigenvalue weighted by molar-refractivity contribution is 5.90. The Labute approximate surface area is 299 Å². The van der Waals surface area contributed by atoms with Gasteiger partial charge in [0.25, 0.3) is 0 Å². The van der Waals surface area contributed by atoms with E-state index in [1.165, 1.54) is 0 Å². The van der Waals surface area contributed by atoms with Crippen LogP contribution in [-0.2, 0) is 0 Å². The lowest BCUT2D eigenvalue weighted by Crippen LogP contribution is -2.51. The van der Waals surface area contributed by atoms with Gasteiger partial charge in [0.1, 0.15) is 5.82 Å². The van der Waals surface area contributed by atoms with Crippen LogP contribution in [0.5, 0.6) is 0 Å². The van der Waals surface area contributed by atoms with Crippen molar-refractivity contribution in [1.82, 2.24) is 49.3 Å². The Bertz CT molecular complexity index is 1850. The van der Waals surface area contributed by atoms with Gasteiger partial charge in [-0.3, -0.25) is 0 Å². The maximum Gasteiger partial charge on any atom is 0.320 e. The molecule has 4 aliphatic heterocycles. The fourth-order valence-electron chi connectivity index (χ4n) is 7.88. The number of carbonyl (C=O) groups excluding carboxylic acids is 2. The van der Waals surface area contributed by atoms with Gasteiger partial charge in [-0.1, -0.05) is 24.3 Å². The Morgan fingerprint density at radius 3 is 2.06 bits per heavy atom. The smallest absolute Gasteiger partial charge is 0.320 e. The number of carbonyl (C=O) groups is 2. The summed E-state index contributed by atoms with van der Waals surface area (Å²) >= 11 is 0. The molecule has 4 aromatic rings. The zero-order valence-electron chi connectivity index (χ0n) is 29.8. The zero-order valence-corrected chi connectivity index (χ0v) is 29.8. The third kappa shape index (κ3) is 7.22. The number of piperazine rings is 2. The van der Waals surface area contributed by atoms with Gasteiger partial charge in [0.15, 0.2) is 0 Å². The highest BCUT2D eigenvalue weighted by Gasteiger charge is 2.35. The number of amides is 4. The number of fused-ring (bicyclic) bond motifs is 1. The molecule has 4 aliphatic rings. The average Bonchev–Trinajstić information content (AvgIpc) is 3.96. The molecule has 2 N–H and O–H groups in total. The van der Waals surface area contributed by atoms with E-state index in [0.29, 0.717) is 11.9 Å². The summed E-state index contributed by atoms with van der Waals surface area (Å²) in [6.45, 7) is 9.97. The fourth-order valence-corrected chi connectivity index (χ4v) is 7.88. The minimum Gasteiger partial charge on any atom is -0.354 e. The second-order valence-corrected chi connectivity index (χ2v) is 14.7. The third-order valence-electron chi connectivity index (χ3n) is 11.2. The van der Waals surface area contributed by atoms with E-state index in [2.05, 4.69) is 80.6 Å². The van der Waals surface area contributed by atoms with Crippen LogP contribution in [0.4, 0.5) is 15.5 Å². The van der Waals surface area contributed by atoms with Crippen LogP contribution in [0.15, 0.2) is 55.0 Å². The van der Waals surface area contributed by atoms with E-state index in [1.54, 1.807) is 0 Å². The SMILES string of the molecule is CN1CCN(C(=O)N2CC[C@H](CNc3ncc(-c4ccc5cc(-c6cnc([C@@H]7CCCN7C(=O)N7CCN(C)CC7)[nH]6)ccc5c4)cn3)C2)CC1. The van der Waals surface area contributed by atoms with Crippen LogP contribution >= 0.6 is 0 Å². The van der Waals surface area contributed by atoms with Crippen molar-refractivity contribution < 1.29 is 9.59 Å². The number of rotatable bonds is 6. The van der Waals surface area contributed by atoms with E-state index in [4.69, 9.17) is 4.98 Å². The summed E-state index contributed by atoms with van der Waals surface area (Å²) in [5.41, 5.74) is 4.04. The van der Waals surface area contributed by atoms with E-state index in [-0.39, 0.29) is 18.1 Å². The molecule has 4 fully saturated rings. The maximum absolute atomic E-state index is 13.4. The molecule has 2 aromatic carbocycles. The first-order valence-corrected chi connectivity index (χ1v) is 18.5. The number of nitrogens with one attached hydrogen (secondary N) is 2. The third-order valence-corrected chi connectivity index (χ3v) is 11.2. The molecule has 0 bridgehead atoms. The predicted molar refractivity (Wildman–Crippen MR) is 198 cm³/mol. The number of imidazole rings is 1. The summed E-state index contributed by atoms with van der Waals surface area (Å²) in [6, 6.07) is 13.2. The van der Waals surface area contributed by atoms with Crippen molar-refractivity contribution in [1.29, 1.82) is 0 Å². The Morgan fingerprint density at radius 2 is 1.35 bits per heavy atom. The predicted octanol–water partition coefficient (Wildman–Crippen LogP) is 4.29. The van der Waals surface area contributed by atoms with Gasteiger partial charge >= 0.3 is 12.1 Å². The first kappa shape index (κ1) is 33.4. The molecular formula is C38H49N11O2. The Balaban J connectivity index is 0.868. The number of anilines is 1. The standard InChI is InChI=1S/C38H49N11O2/c1-44-12-16-46(17-13-44)37(50)48-11-9-27(26-48)22-40-36-41-23-32(24-42-36)30-6-5-29-21-31(8-7-28(29)20-30)33-25-39-35(43-33)34-4-3-10-49(34)38(51)47-18-14-45(2)15-19-47/h5-8,20-21,23-25,27,34H,3-4,9-19,22,26H2,1-2H3,(H,39,43)(H,40,41,42)/t27-,34+/m1/s1. The van der Waals surface area contributed by atoms with Crippen LogP contribution in [0.3, 0.4) is 0 Å². The average molecular weight is 692 g/mol. The first-order chi connectivity index (χ1) is 24.9. The Kier molecular flexibility index (Phi) is 9.48. The summed E-state index contributed by atoms with van der Waals surface area (Å²) in [7, 11) is 4.21. The van der Waals surface area contributed by atoms with Crippen LogP contribution in [0.1, 0.15) is 31.1 Å². The summed E-state index contributed by atoms with van der Waals surface area (Å²) in [5.74, 6) is 1.86. The molecule has 4 saturated heterocycles. The van der Waals surface area contributed by atoms with Crippen LogP contribution in [0.25, 0.3) is 33.2 Å². The van der Waals surface area contributed by atoms with Crippen molar-refractivity contribution in [3.05, 3.63) is 60.8 Å². The van der Waals surface area contributed by atoms with Gasteiger partial charge in [0.2, 0.25) is 5.95 Å². The molecule has 0 unspecified atom stereocenters. The van der Waals surface area contributed by atoms with Crippen LogP contribution in [-0.4, -0.2) is 154 Å². The van der Waals surface area contributed by atoms with Crippen LogP contribution in [0.2, 0.25) is 0 Å². The fraction of sp³-hybridized carbons (Fsp3) is 0.500. The second-order valence-electron chi connectivity index (χ2n) is 14.7. The van der Waals surface area contributed by atoms with E-state index in [9.17, 15) is 9.59 Å². The van der Waals surface area contributed by atoms with Gasteiger partial charge < -0.3 is 39.7 Å². The number of H-pyrrole nitrogens is 1. The summed E-state index contributed by atoms with van der Waals surface area (Å²) in [4.78, 5) is 56.4. The lowest BCUT2D eigenvalue weighted by atomic mass is 10.0. The number of likely N-dealkylation sites (tertiary alicyclic amines) is 2. The van der Waals surface area contributed by atoms with Crippen molar-refractivity contribution in [3.8, 4) is 22.4 Å². The molecule has 268 valence electrons. The molecule has 2 aromatic heterocycles. The molecule has 2 atom stereocenters. The quantitative estimate of drug-likeness (QED) is 0.308. The van der Waals surface area contributed by atoms with E-state index >= 15 is 0 Å². The minimum atomic E-state index is -0.0197. The molecule has 0 spiro atoms. The lowest BCUT2D eigenvalue weighted by molar-refractivity contribution is 0.118. The Morgan fingerprint density at radius 1 is 0.706 bits per heavy atom. The number of aromatic amines is 1. The topological polar surface area (TPSA) is 120 Å². The van der Waals surface area contributed by atoms with Gasteiger partial charge in [-0.05, 0) is 67.7 Å². The lowest BCUT2D eigenvalue weighted by Gasteiger charge is -2.36. The first-order valence-electron chi connectivity index (χ1n) is 18.5. The number of benzene rings is 2. The minimum absolute atomic E-state index is 0.0197. The number of aromatic nitrogens is 4. The van der Waals surface area contributed by atoms with Gasteiger partial charge in [-0.2, -0.15) is 0 Å². The number of hydrogen-bond acceptors (Lipinski definition) is 8. The second kappa shape index (κ2) is 14.5. The van der Waals surface area contributed by atoms with Gasteiger partial charge in [-0.25, -0.2) is 24.5 Å². The molecule has 51 heavy (non-hydrogen) atoms. The molecule has 0 radical (unpaired) electrons. The molecule has 0 saturated carbocycles. The number of likely N-dealkylation sites (N-methyl/N-ethyl adjacent to an activating group) is 2. The van der Waals surface area contributed by atoms with Gasteiger partial charge in [-0.15, -0.1) is 0 Å². The molecule has 4 amide bonds.